The highest BCUT2D eigenvalue weighted by molar-refractivity contribution is 5.88. The largest absolute Gasteiger partial charge is 0.484 e. The summed E-state index contributed by atoms with van der Waals surface area (Å²) >= 11 is 0. The minimum absolute atomic E-state index is 0.125. The van der Waals surface area contributed by atoms with Crippen LogP contribution in [0.5, 0.6) is 5.75 Å². The summed E-state index contributed by atoms with van der Waals surface area (Å²) in [5.74, 6) is 0.655. The van der Waals surface area contributed by atoms with Gasteiger partial charge in [0.05, 0.1) is 0 Å². The Morgan fingerprint density at radius 3 is 2.06 bits per heavy atom. The standard InChI is InChI=1S/C26H36N2O3/c1-18(2)22-12-14-23(15-13-22)31-17-24(29)28(16-21-10-8-19(3)9-11-21)20(4)25(30)27-26(5,6)7/h8-15,18,20H,16-17H2,1-7H3,(H,27,30). The van der Waals surface area contributed by atoms with E-state index in [2.05, 4.69) is 19.2 Å². The first-order valence-corrected chi connectivity index (χ1v) is 10.9. The number of hydrogen-bond acceptors (Lipinski definition) is 3. The van der Waals surface area contributed by atoms with Crippen molar-refractivity contribution >= 4 is 11.8 Å². The van der Waals surface area contributed by atoms with Crippen LogP contribution in [0.4, 0.5) is 0 Å². The number of carbonyl (C=O) groups excluding carboxylic acids is 2. The number of ether oxygens (including phenoxy) is 1. The van der Waals surface area contributed by atoms with Gasteiger partial charge in [-0.2, -0.15) is 0 Å². The third-order valence-electron chi connectivity index (χ3n) is 5.05. The SMILES string of the molecule is Cc1ccc(CN(C(=O)COc2ccc(C(C)C)cc2)C(C)C(=O)NC(C)(C)C)cc1. The van der Waals surface area contributed by atoms with Gasteiger partial charge in [0.25, 0.3) is 5.91 Å². The first kappa shape index (κ1) is 24.4. The maximum absolute atomic E-state index is 13.1. The van der Waals surface area contributed by atoms with E-state index in [0.717, 1.165) is 11.1 Å². The molecule has 168 valence electrons. The Balaban J connectivity index is 2.14. The Hall–Kier alpha value is -2.82. The average molecular weight is 425 g/mol. The normalized spacial score (nSPS) is 12.4. The van der Waals surface area contributed by atoms with Crippen LogP contribution in [-0.4, -0.2) is 34.9 Å². The molecule has 1 atom stereocenters. The fraction of sp³-hybridized carbons (Fsp3) is 0.462. The molecule has 2 amide bonds. The second kappa shape index (κ2) is 10.5. The van der Waals surface area contributed by atoms with Crippen molar-refractivity contribution in [3.8, 4) is 5.75 Å². The van der Waals surface area contributed by atoms with E-state index in [0.29, 0.717) is 18.2 Å². The molecular weight excluding hydrogens is 388 g/mol. The summed E-state index contributed by atoms with van der Waals surface area (Å²) in [4.78, 5) is 27.5. The van der Waals surface area contributed by atoms with Gasteiger partial charge in [-0.15, -0.1) is 0 Å². The highest BCUT2D eigenvalue weighted by atomic mass is 16.5. The smallest absolute Gasteiger partial charge is 0.261 e. The van der Waals surface area contributed by atoms with E-state index in [4.69, 9.17) is 4.74 Å². The molecule has 0 aliphatic rings. The molecule has 0 spiro atoms. The molecule has 31 heavy (non-hydrogen) atoms. The summed E-state index contributed by atoms with van der Waals surface area (Å²) in [5.41, 5.74) is 2.95. The second-order valence-electron chi connectivity index (χ2n) is 9.43. The zero-order chi connectivity index (χ0) is 23.2. The predicted molar refractivity (Wildman–Crippen MR) is 125 cm³/mol. The quantitative estimate of drug-likeness (QED) is 0.660. The minimum atomic E-state index is -0.625. The van der Waals surface area contributed by atoms with Gasteiger partial charge in [0.2, 0.25) is 5.91 Å². The average Bonchev–Trinajstić information content (AvgIpc) is 2.70. The number of benzene rings is 2. The summed E-state index contributed by atoms with van der Waals surface area (Å²) in [5, 5.41) is 2.97. The highest BCUT2D eigenvalue weighted by Gasteiger charge is 2.28. The molecule has 0 aliphatic heterocycles. The minimum Gasteiger partial charge on any atom is -0.484 e. The molecule has 0 heterocycles. The molecule has 0 aliphatic carbocycles. The number of nitrogens with one attached hydrogen (secondary N) is 1. The first-order chi connectivity index (χ1) is 14.5. The zero-order valence-electron chi connectivity index (χ0n) is 19.9. The van der Waals surface area contributed by atoms with E-state index in [1.54, 1.807) is 11.8 Å². The Morgan fingerprint density at radius 1 is 0.968 bits per heavy atom. The van der Waals surface area contributed by atoms with Crippen LogP contribution in [0.15, 0.2) is 48.5 Å². The van der Waals surface area contributed by atoms with Gasteiger partial charge in [-0.3, -0.25) is 9.59 Å². The predicted octanol–water partition coefficient (Wildman–Crippen LogP) is 4.83. The van der Waals surface area contributed by atoms with Crippen LogP contribution in [0.1, 0.15) is 64.2 Å². The van der Waals surface area contributed by atoms with E-state index >= 15 is 0 Å². The molecule has 5 heteroatoms. The Labute approximate surface area is 186 Å². The van der Waals surface area contributed by atoms with Crippen molar-refractivity contribution in [3.05, 3.63) is 65.2 Å². The molecule has 2 aromatic rings. The lowest BCUT2D eigenvalue weighted by Gasteiger charge is -2.31. The van der Waals surface area contributed by atoms with Crippen molar-refractivity contribution in [3.63, 3.8) is 0 Å². The summed E-state index contributed by atoms with van der Waals surface area (Å²) in [6, 6.07) is 15.1. The first-order valence-electron chi connectivity index (χ1n) is 10.9. The number of amides is 2. The summed E-state index contributed by atoms with van der Waals surface area (Å²) in [6.45, 7) is 14.0. The van der Waals surface area contributed by atoms with E-state index in [1.165, 1.54) is 5.56 Å². The van der Waals surface area contributed by atoms with Gasteiger partial charge in [0, 0.05) is 12.1 Å². The maximum Gasteiger partial charge on any atom is 0.261 e. The molecule has 2 aromatic carbocycles. The topological polar surface area (TPSA) is 58.6 Å². The molecule has 1 unspecified atom stereocenters. The van der Waals surface area contributed by atoms with Gasteiger partial charge in [-0.05, 0) is 63.8 Å². The van der Waals surface area contributed by atoms with E-state index < -0.39 is 6.04 Å². The molecule has 0 radical (unpaired) electrons. The maximum atomic E-state index is 13.1. The molecular formula is C26H36N2O3. The lowest BCUT2D eigenvalue weighted by molar-refractivity contribution is -0.142. The van der Waals surface area contributed by atoms with Crippen LogP contribution in [-0.2, 0) is 16.1 Å². The Kier molecular flexibility index (Phi) is 8.26. The molecule has 5 nitrogen and oxygen atoms in total. The van der Waals surface area contributed by atoms with Crippen LogP contribution >= 0.6 is 0 Å². The third kappa shape index (κ3) is 7.74. The Morgan fingerprint density at radius 2 is 1.55 bits per heavy atom. The monoisotopic (exact) mass is 424 g/mol. The molecule has 0 aromatic heterocycles. The lowest BCUT2D eigenvalue weighted by Crippen LogP contribution is -2.53. The van der Waals surface area contributed by atoms with Crippen molar-refractivity contribution in [2.45, 2.75) is 72.5 Å². The summed E-state index contributed by atoms with van der Waals surface area (Å²) in [6.07, 6.45) is 0. The van der Waals surface area contributed by atoms with E-state index in [9.17, 15) is 9.59 Å². The zero-order valence-corrected chi connectivity index (χ0v) is 19.9. The third-order valence-corrected chi connectivity index (χ3v) is 5.05. The molecule has 2 rings (SSSR count). The van der Waals surface area contributed by atoms with Crippen LogP contribution in [0.2, 0.25) is 0 Å². The van der Waals surface area contributed by atoms with Crippen LogP contribution in [0.25, 0.3) is 0 Å². The van der Waals surface area contributed by atoms with Crippen molar-refractivity contribution < 1.29 is 14.3 Å². The number of hydrogen-bond donors (Lipinski definition) is 1. The molecule has 0 fully saturated rings. The molecule has 0 bridgehead atoms. The van der Waals surface area contributed by atoms with Crippen LogP contribution in [0.3, 0.4) is 0 Å². The van der Waals surface area contributed by atoms with Crippen molar-refractivity contribution in [2.75, 3.05) is 6.61 Å². The number of nitrogens with zero attached hydrogens (tertiary/aromatic N) is 1. The molecule has 0 saturated heterocycles. The van der Waals surface area contributed by atoms with Crippen molar-refractivity contribution in [1.82, 2.24) is 10.2 Å². The fourth-order valence-electron chi connectivity index (χ4n) is 3.12. The highest BCUT2D eigenvalue weighted by Crippen LogP contribution is 2.19. The fourth-order valence-corrected chi connectivity index (χ4v) is 3.12. The van der Waals surface area contributed by atoms with Crippen molar-refractivity contribution in [2.24, 2.45) is 0 Å². The Bertz CT molecular complexity index is 865. The van der Waals surface area contributed by atoms with E-state index in [1.807, 2.05) is 76.2 Å². The second-order valence-corrected chi connectivity index (χ2v) is 9.43. The van der Waals surface area contributed by atoms with E-state index in [-0.39, 0.29) is 24.0 Å². The number of aryl methyl sites for hydroxylation is 1. The summed E-state index contributed by atoms with van der Waals surface area (Å²) in [7, 11) is 0. The van der Waals surface area contributed by atoms with Gasteiger partial charge in [0.15, 0.2) is 6.61 Å². The van der Waals surface area contributed by atoms with Crippen LogP contribution in [0, 0.1) is 6.92 Å². The number of rotatable bonds is 8. The molecule has 0 saturated carbocycles. The van der Waals surface area contributed by atoms with Crippen LogP contribution < -0.4 is 10.1 Å². The van der Waals surface area contributed by atoms with Gasteiger partial charge >= 0.3 is 0 Å². The lowest BCUT2D eigenvalue weighted by atomic mass is 10.0. The van der Waals surface area contributed by atoms with Gasteiger partial charge < -0.3 is 15.0 Å². The van der Waals surface area contributed by atoms with Gasteiger partial charge in [0.1, 0.15) is 11.8 Å². The van der Waals surface area contributed by atoms with Crippen molar-refractivity contribution in [1.29, 1.82) is 0 Å². The summed E-state index contributed by atoms with van der Waals surface area (Å²) < 4.78 is 5.75. The number of carbonyl (C=O) groups is 2. The van der Waals surface area contributed by atoms with Gasteiger partial charge in [-0.25, -0.2) is 0 Å². The van der Waals surface area contributed by atoms with Gasteiger partial charge in [-0.1, -0.05) is 55.8 Å². The molecule has 1 N–H and O–H groups in total.